The van der Waals surface area contributed by atoms with Gasteiger partial charge in [-0.1, -0.05) is 12.8 Å². The van der Waals surface area contributed by atoms with Gasteiger partial charge in [-0.05, 0) is 43.9 Å². The van der Waals surface area contributed by atoms with Crippen LogP contribution in [0.25, 0.3) is 10.9 Å². The van der Waals surface area contributed by atoms with Crippen molar-refractivity contribution in [1.82, 2.24) is 19.9 Å². The van der Waals surface area contributed by atoms with E-state index in [1.54, 1.807) is 19.6 Å². The minimum absolute atomic E-state index is 0.0658. The third kappa shape index (κ3) is 5.40. The summed E-state index contributed by atoms with van der Waals surface area (Å²) in [5.41, 5.74) is 1.62. The molecule has 2 aromatic heterocycles. The first kappa shape index (κ1) is 23.8. The summed E-state index contributed by atoms with van der Waals surface area (Å²) in [7, 11) is 1.65. The molecule has 0 atom stereocenters. The first-order valence-corrected chi connectivity index (χ1v) is 13.4. The van der Waals surface area contributed by atoms with E-state index in [0.717, 1.165) is 61.2 Å². The summed E-state index contributed by atoms with van der Waals surface area (Å²) >= 11 is 0. The summed E-state index contributed by atoms with van der Waals surface area (Å²) < 4.78 is 12.0. The molecule has 2 saturated carbocycles. The van der Waals surface area contributed by atoms with E-state index < -0.39 is 0 Å². The quantitative estimate of drug-likeness (QED) is 0.448. The fourth-order valence-corrected chi connectivity index (χ4v) is 5.36. The van der Waals surface area contributed by atoms with E-state index in [-0.39, 0.29) is 12.0 Å². The number of pyridine rings is 1. The molecule has 37 heavy (non-hydrogen) atoms. The van der Waals surface area contributed by atoms with Crippen molar-refractivity contribution in [2.75, 3.05) is 30.8 Å². The number of aromatic nitrogens is 3. The van der Waals surface area contributed by atoms with Gasteiger partial charge in [0.25, 0.3) is 0 Å². The van der Waals surface area contributed by atoms with Crippen LogP contribution in [0, 0.1) is 5.92 Å². The van der Waals surface area contributed by atoms with Crippen LogP contribution in [-0.2, 0) is 4.79 Å². The molecule has 1 aliphatic heterocycles. The first-order valence-electron chi connectivity index (χ1n) is 13.4. The second-order valence-electron chi connectivity index (χ2n) is 10.3. The lowest BCUT2D eigenvalue weighted by atomic mass is 10.0. The number of fused-ring (bicyclic) bond motifs is 1. The largest absolute Gasteiger partial charge is 0.493 e. The van der Waals surface area contributed by atoms with Crippen LogP contribution in [0.5, 0.6) is 11.5 Å². The van der Waals surface area contributed by atoms with Crippen LogP contribution >= 0.6 is 0 Å². The Kier molecular flexibility index (Phi) is 6.68. The zero-order valence-electron chi connectivity index (χ0n) is 21.3. The van der Waals surface area contributed by atoms with Crippen LogP contribution in [0.15, 0.2) is 36.8 Å². The minimum Gasteiger partial charge on any atom is -0.493 e. The average Bonchev–Trinajstić information content (AvgIpc) is 3.57. The van der Waals surface area contributed by atoms with Crippen LogP contribution in [0.4, 0.5) is 17.3 Å². The van der Waals surface area contributed by atoms with Gasteiger partial charge in [0, 0.05) is 55.0 Å². The molecule has 3 aromatic rings. The predicted molar refractivity (Wildman–Crippen MR) is 142 cm³/mol. The molecule has 194 valence electrons. The number of carbonyl (C=O) groups is 1. The number of likely N-dealkylation sites (tertiary alicyclic amines) is 1. The standard InChI is InChI=1S/C28H34N6O3/c1-36-25-14-20(33-27-22-15-26(32-19-6-7-19)29-16-23(22)30-17-31-27)8-9-24(25)37-21-10-12-34(13-11-21)28(35)18-4-2-3-5-18/h8-9,14-19,21H,2-7,10-13H2,1H3,(H,29,32)(H,30,31,33). The zero-order chi connectivity index (χ0) is 25.2. The van der Waals surface area contributed by atoms with Gasteiger partial charge in [-0.3, -0.25) is 4.79 Å². The van der Waals surface area contributed by atoms with Crippen molar-refractivity contribution in [2.45, 2.75) is 63.5 Å². The van der Waals surface area contributed by atoms with Gasteiger partial charge >= 0.3 is 0 Å². The Morgan fingerprint density at radius 2 is 1.78 bits per heavy atom. The first-order chi connectivity index (χ1) is 18.2. The third-order valence-corrected chi connectivity index (χ3v) is 7.63. The molecule has 1 aromatic carbocycles. The second-order valence-corrected chi connectivity index (χ2v) is 10.3. The molecule has 3 fully saturated rings. The van der Waals surface area contributed by atoms with Gasteiger partial charge in [-0.15, -0.1) is 0 Å². The molecule has 9 nitrogen and oxygen atoms in total. The van der Waals surface area contributed by atoms with E-state index in [0.29, 0.717) is 29.3 Å². The Balaban J connectivity index is 1.12. The molecule has 1 amide bonds. The minimum atomic E-state index is 0.0658. The van der Waals surface area contributed by atoms with Crippen molar-refractivity contribution < 1.29 is 14.3 Å². The lowest BCUT2D eigenvalue weighted by molar-refractivity contribution is -0.137. The smallest absolute Gasteiger partial charge is 0.225 e. The molecule has 3 heterocycles. The maximum atomic E-state index is 12.7. The molecule has 1 saturated heterocycles. The molecule has 2 N–H and O–H groups in total. The average molecular weight is 503 g/mol. The van der Waals surface area contributed by atoms with E-state index in [2.05, 4.69) is 25.6 Å². The number of benzene rings is 1. The van der Waals surface area contributed by atoms with Crippen molar-refractivity contribution in [3.8, 4) is 11.5 Å². The summed E-state index contributed by atoms with van der Waals surface area (Å²) in [6.45, 7) is 1.52. The van der Waals surface area contributed by atoms with Gasteiger partial charge in [-0.25, -0.2) is 15.0 Å². The van der Waals surface area contributed by atoms with Gasteiger partial charge in [0.15, 0.2) is 11.5 Å². The summed E-state index contributed by atoms with van der Waals surface area (Å²) in [5.74, 6) is 3.49. The lowest BCUT2D eigenvalue weighted by Crippen LogP contribution is -2.44. The molecule has 9 heteroatoms. The zero-order valence-corrected chi connectivity index (χ0v) is 21.3. The van der Waals surface area contributed by atoms with E-state index in [1.807, 2.05) is 29.2 Å². The van der Waals surface area contributed by atoms with E-state index >= 15 is 0 Å². The van der Waals surface area contributed by atoms with Crippen molar-refractivity contribution in [1.29, 1.82) is 0 Å². The Bertz CT molecular complexity index is 1270. The number of nitrogens with one attached hydrogen (secondary N) is 2. The Morgan fingerprint density at radius 3 is 2.54 bits per heavy atom. The van der Waals surface area contributed by atoms with Gasteiger partial charge in [0.2, 0.25) is 5.91 Å². The highest BCUT2D eigenvalue weighted by atomic mass is 16.5. The summed E-state index contributed by atoms with van der Waals surface area (Å²) in [6, 6.07) is 8.33. The van der Waals surface area contributed by atoms with Gasteiger partial charge in [0.05, 0.1) is 18.8 Å². The summed E-state index contributed by atoms with van der Waals surface area (Å²) in [6.07, 6.45) is 11.9. The number of hydrogen-bond donors (Lipinski definition) is 2. The van der Waals surface area contributed by atoms with Crippen molar-refractivity contribution in [3.63, 3.8) is 0 Å². The number of rotatable bonds is 8. The number of ether oxygens (including phenoxy) is 2. The third-order valence-electron chi connectivity index (χ3n) is 7.63. The number of methoxy groups -OCH3 is 1. The number of nitrogens with zero attached hydrogens (tertiary/aromatic N) is 4. The monoisotopic (exact) mass is 502 g/mol. The fourth-order valence-electron chi connectivity index (χ4n) is 5.36. The lowest BCUT2D eigenvalue weighted by Gasteiger charge is -2.34. The number of hydrogen-bond acceptors (Lipinski definition) is 8. The number of piperidine rings is 1. The Labute approximate surface area is 217 Å². The highest BCUT2D eigenvalue weighted by Crippen LogP contribution is 2.35. The second kappa shape index (κ2) is 10.4. The van der Waals surface area contributed by atoms with Crippen LogP contribution in [0.3, 0.4) is 0 Å². The molecule has 0 unspecified atom stereocenters. The van der Waals surface area contributed by atoms with Crippen LogP contribution in [0.1, 0.15) is 51.4 Å². The van der Waals surface area contributed by atoms with Crippen LogP contribution < -0.4 is 20.1 Å². The van der Waals surface area contributed by atoms with Crippen LogP contribution in [-0.4, -0.2) is 58.1 Å². The van der Waals surface area contributed by atoms with Crippen molar-refractivity contribution in [2.24, 2.45) is 5.92 Å². The highest BCUT2D eigenvalue weighted by molar-refractivity contribution is 5.91. The maximum absolute atomic E-state index is 12.7. The molecule has 2 aliphatic carbocycles. The van der Waals surface area contributed by atoms with Gasteiger partial charge < -0.3 is 25.0 Å². The van der Waals surface area contributed by atoms with E-state index in [1.165, 1.54) is 25.7 Å². The molecule has 3 aliphatic rings. The highest BCUT2D eigenvalue weighted by Gasteiger charge is 2.31. The topological polar surface area (TPSA) is 102 Å². The maximum Gasteiger partial charge on any atom is 0.225 e. The molecule has 6 rings (SSSR count). The molecular weight excluding hydrogens is 468 g/mol. The number of amides is 1. The summed E-state index contributed by atoms with van der Waals surface area (Å²) in [5, 5.41) is 7.74. The summed E-state index contributed by atoms with van der Waals surface area (Å²) in [4.78, 5) is 28.1. The van der Waals surface area contributed by atoms with Gasteiger partial charge in [-0.2, -0.15) is 0 Å². The Hall–Kier alpha value is -3.62. The number of carbonyl (C=O) groups excluding carboxylic acids is 1. The Morgan fingerprint density at radius 1 is 0.973 bits per heavy atom. The SMILES string of the molecule is COc1cc(Nc2ncnc3cnc(NC4CC4)cc23)ccc1OC1CCN(C(=O)C2CCCC2)CC1. The normalized spacial score (nSPS) is 18.7. The predicted octanol–water partition coefficient (Wildman–Crippen LogP) is 4.91. The van der Waals surface area contributed by atoms with Gasteiger partial charge in [0.1, 0.15) is 24.1 Å². The van der Waals surface area contributed by atoms with Crippen molar-refractivity contribution >= 4 is 34.1 Å². The molecule has 0 spiro atoms. The van der Waals surface area contributed by atoms with E-state index in [4.69, 9.17) is 9.47 Å². The molecule has 0 bridgehead atoms. The van der Waals surface area contributed by atoms with E-state index in [9.17, 15) is 4.79 Å². The number of anilines is 3. The molecule has 0 radical (unpaired) electrons. The molecular formula is C28H34N6O3. The van der Waals surface area contributed by atoms with Crippen molar-refractivity contribution in [3.05, 3.63) is 36.8 Å². The van der Waals surface area contributed by atoms with Crippen LogP contribution in [0.2, 0.25) is 0 Å². The fraction of sp³-hybridized carbons (Fsp3) is 0.500.